The van der Waals surface area contributed by atoms with E-state index in [1.165, 1.54) is 19.3 Å². The van der Waals surface area contributed by atoms with Gasteiger partial charge in [0.25, 0.3) is 5.91 Å². The zero-order valence-electron chi connectivity index (χ0n) is 10.3. The van der Waals surface area contributed by atoms with Crippen LogP contribution < -0.4 is 0 Å². The number of hydrogen-bond acceptors (Lipinski definition) is 1. The van der Waals surface area contributed by atoms with Gasteiger partial charge < -0.3 is 4.90 Å². The first-order valence-electron chi connectivity index (χ1n) is 6.42. The zero-order chi connectivity index (χ0) is 13.0. The summed E-state index contributed by atoms with van der Waals surface area (Å²) in [6, 6.07) is 5.38. The van der Waals surface area contributed by atoms with E-state index in [-0.39, 0.29) is 5.91 Å². The van der Waals surface area contributed by atoms with Crippen molar-refractivity contribution < 1.29 is 4.79 Å². The first-order chi connectivity index (χ1) is 8.66. The van der Waals surface area contributed by atoms with E-state index in [4.69, 9.17) is 11.6 Å². The summed E-state index contributed by atoms with van der Waals surface area (Å²) in [5.74, 6) is 0.0973. The van der Waals surface area contributed by atoms with Gasteiger partial charge in [-0.1, -0.05) is 46.8 Å². The smallest absolute Gasteiger partial charge is 0.253 e. The minimum absolute atomic E-state index is 0.0973. The lowest BCUT2D eigenvalue weighted by atomic mass is 10.1. The molecule has 0 N–H and O–H groups in total. The summed E-state index contributed by atoms with van der Waals surface area (Å²) in [4.78, 5) is 14.4. The molecule has 1 aliphatic heterocycles. The average molecular weight is 331 g/mol. The second-order valence-corrected chi connectivity index (χ2v) is 6.07. The van der Waals surface area contributed by atoms with Gasteiger partial charge in [0, 0.05) is 28.1 Å². The molecule has 0 bridgehead atoms. The lowest BCUT2D eigenvalue weighted by Gasteiger charge is -2.25. The van der Waals surface area contributed by atoms with Crippen LogP contribution in [0, 0.1) is 0 Å². The molecule has 0 spiro atoms. The van der Waals surface area contributed by atoms with Crippen LogP contribution in [0.1, 0.15) is 42.5 Å². The monoisotopic (exact) mass is 329 g/mol. The van der Waals surface area contributed by atoms with Gasteiger partial charge in [0.15, 0.2) is 0 Å². The van der Waals surface area contributed by atoms with Crippen molar-refractivity contribution in [1.82, 2.24) is 4.90 Å². The van der Waals surface area contributed by atoms with E-state index in [1.807, 2.05) is 11.0 Å². The quantitative estimate of drug-likeness (QED) is 0.742. The molecular weight excluding hydrogens is 314 g/mol. The fraction of sp³-hybridized carbons (Fsp3) is 0.500. The topological polar surface area (TPSA) is 20.3 Å². The zero-order valence-corrected chi connectivity index (χ0v) is 12.6. The van der Waals surface area contributed by atoms with Gasteiger partial charge in [-0.3, -0.25) is 4.79 Å². The number of amides is 1. The fourth-order valence-electron chi connectivity index (χ4n) is 2.31. The molecule has 0 radical (unpaired) electrons. The molecule has 1 amide bonds. The van der Waals surface area contributed by atoms with Crippen LogP contribution in [-0.4, -0.2) is 23.9 Å². The van der Waals surface area contributed by atoms with E-state index >= 15 is 0 Å². The summed E-state index contributed by atoms with van der Waals surface area (Å²) in [5, 5.41) is 0.597. The van der Waals surface area contributed by atoms with Crippen molar-refractivity contribution in [2.75, 3.05) is 13.1 Å². The second-order valence-electron chi connectivity index (χ2n) is 4.72. The highest BCUT2D eigenvalue weighted by atomic mass is 79.9. The minimum atomic E-state index is 0.0973. The Morgan fingerprint density at radius 1 is 1.06 bits per heavy atom. The molecular formula is C14H17BrClNO. The predicted molar refractivity (Wildman–Crippen MR) is 78.1 cm³/mol. The van der Waals surface area contributed by atoms with Crippen LogP contribution in [0.25, 0.3) is 0 Å². The third-order valence-electron chi connectivity index (χ3n) is 3.25. The fourth-order valence-corrected chi connectivity index (χ4v) is 3.17. The van der Waals surface area contributed by atoms with Crippen LogP contribution >= 0.6 is 27.5 Å². The third-order valence-corrected chi connectivity index (χ3v) is 3.93. The van der Waals surface area contributed by atoms with E-state index in [2.05, 4.69) is 15.9 Å². The lowest BCUT2D eigenvalue weighted by Crippen LogP contribution is -2.33. The van der Waals surface area contributed by atoms with E-state index in [1.54, 1.807) is 12.1 Å². The Balaban J connectivity index is 2.13. The SMILES string of the molecule is O=C(c1cc(Cl)cc(Br)c1)N1CCCCCCC1. The summed E-state index contributed by atoms with van der Waals surface area (Å²) < 4.78 is 0.852. The Hall–Kier alpha value is -0.540. The number of carbonyl (C=O) groups excluding carboxylic acids is 1. The van der Waals surface area contributed by atoms with Crippen molar-refractivity contribution in [3.8, 4) is 0 Å². The maximum absolute atomic E-state index is 12.4. The highest BCUT2D eigenvalue weighted by Gasteiger charge is 2.17. The Kier molecular flexibility index (Phi) is 5.07. The van der Waals surface area contributed by atoms with Gasteiger partial charge >= 0.3 is 0 Å². The number of halogens is 2. The summed E-state index contributed by atoms with van der Waals surface area (Å²) in [7, 11) is 0. The van der Waals surface area contributed by atoms with Gasteiger partial charge in [0.1, 0.15) is 0 Å². The third kappa shape index (κ3) is 3.72. The van der Waals surface area contributed by atoms with E-state index in [0.29, 0.717) is 10.6 Å². The average Bonchev–Trinajstić information content (AvgIpc) is 2.26. The number of carbonyl (C=O) groups is 1. The second kappa shape index (κ2) is 6.58. The van der Waals surface area contributed by atoms with Gasteiger partial charge in [-0.05, 0) is 31.0 Å². The first-order valence-corrected chi connectivity index (χ1v) is 7.59. The van der Waals surface area contributed by atoms with Gasteiger partial charge in [-0.25, -0.2) is 0 Å². The van der Waals surface area contributed by atoms with Crippen LogP contribution in [0.4, 0.5) is 0 Å². The molecule has 0 aliphatic carbocycles. The minimum Gasteiger partial charge on any atom is -0.339 e. The largest absolute Gasteiger partial charge is 0.339 e. The summed E-state index contributed by atoms with van der Waals surface area (Å²) in [6.45, 7) is 1.73. The van der Waals surface area contributed by atoms with Crippen molar-refractivity contribution in [2.45, 2.75) is 32.1 Å². The van der Waals surface area contributed by atoms with E-state index < -0.39 is 0 Å². The molecule has 1 aromatic rings. The molecule has 0 aromatic heterocycles. The Morgan fingerprint density at radius 2 is 1.67 bits per heavy atom. The molecule has 2 nitrogen and oxygen atoms in total. The molecule has 1 aliphatic rings. The van der Waals surface area contributed by atoms with E-state index in [9.17, 15) is 4.79 Å². The Labute approximate surface area is 121 Å². The lowest BCUT2D eigenvalue weighted by molar-refractivity contribution is 0.0742. The standard InChI is InChI=1S/C14H17BrClNO/c15-12-8-11(9-13(16)10-12)14(18)17-6-4-2-1-3-5-7-17/h8-10H,1-7H2. The van der Waals surface area contributed by atoms with Crippen LogP contribution in [0.3, 0.4) is 0 Å². The van der Waals surface area contributed by atoms with Crippen LogP contribution in [0.5, 0.6) is 0 Å². The molecule has 2 rings (SSSR count). The Bertz CT molecular complexity index is 408. The van der Waals surface area contributed by atoms with Crippen molar-refractivity contribution in [1.29, 1.82) is 0 Å². The molecule has 4 heteroatoms. The maximum Gasteiger partial charge on any atom is 0.253 e. The van der Waals surface area contributed by atoms with Crippen molar-refractivity contribution >= 4 is 33.4 Å². The molecule has 0 unspecified atom stereocenters. The van der Waals surface area contributed by atoms with Gasteiger partial charge in [0.05, 0.1) is 0 Å². The number of benzene rings is 1. The number of hydrogen-bond donors (Lipinski definition) is 0. The van der Waals surface area contributed by atoms with Crippen molar-refractivity contribution in [3.05, 3.63) is 33.3 Å². The normalized spacial score (nSPS) is 17.1. The highest BCUT2D eigenvalue weighted by Crippen LogP contribution is 2.21. The summed E-state index contributed by atoms with van der Waals surface area (Å²) >= 11 is 9.37. The van der Waals surface area contributed by atoms with Gasteiger partial charge in [-0.2, -0.15) is 0 Å². The predicted octanol–water partition coefficient (Wildman–Crippen LogP) is 4.51. The van der Waals surface area contributed by atoms with Gasteiger partial charge in [0.2, 0.25) is 0 Å². The first kappa shape index (κ1) is 13.9. The Morgan fingerprint density at radius 3 is 2.28 bits per heavy atom. The summed E-state index contributed by atoms with van der Waals surface area (Å²) in [6.07, 6.45) is 5.96. The molecule has 0 saturated carbocycles. The van der Waals surface area contributed by atoms with Crippen LogP contribution in [-0.2, 0) is 0 Å². The molecule has 1 aromatic carbocycles. The molecule has 1 fully saturated rings. The van der Waals surface area contributed by atoms with E-state index in [0.717, 1.165) is 30.4 Å². The van der Waals surface area contributed by atoms with Crippen molar-refractivity contribution in [2.24, 2.45) is 0 Å². The number of rotatable bonds is 1. The molecule has 1 heterocycles. The molecule has 18 heavy (non-hydrogen) atoms. The summed E-state index contributed by atoms with van der Waals surface area (Å²) in [5.41, 5.74) is 0.676. The van der Waals surface area contributed by atoms with Crippen molar-refractivity contribution in [3.63, 3.8) is 0 Å². The molecule has 98 valence electrons. The number of nitrogens with zero attached hydrogens (tertiary/aromatic N) is 1. The highest BCUT2D eigenvalue weighted by molar-refractivity contribution is 9.10. The molecule has 1 saturated heterocycles. The maximum atomic E-state index is 12.4. The number of likely N-dealkylation sites (tertiary alicyclic amines) is 1. The van der Waals surface area contributed by atoms with Crippen LogP contribution in [0.2, 0.25) is 5.02 Å². The van der Waals surface area contributed by atoms with Crippen LogP contribution in [0.15, 0.2) is 22.7 Å². The molecule has 0 atom stereocenters. The van der Waals surface area contributed by atoms with Gasteiger partial charge in [-0.15, -0.1) is 0 Å².